The highest BCUT2D eigenvalue weighted by molar-refractivity contribution is 6.30. The first-order chi connectivity index (χ1) is 10.2. The van der Waals surface area contributed by atoms with Gasteiger partial charge in [-0.25, -0.2) is 0 Å². The number of hydrogen-bond donors (Lipinski definition) is 1. The Morgan fingerprint density at radius 2 is 1.95 bits per heavy atom. The normalized spacial score (nSPS) is 15.5. The average molecular weight is 306 g/mol. The van der Waals surface area contributed by atoms with Gasteiger partial charge >= 0.3 is 0 Å². The molecule has 0 spiro atoms. The summed E-state index contributed by atoms with van der Waals surface area (Å²) in [5.41, 5.74) is 3.10. The molecule has 1 saturated heterocycles. The average Bonchev–Trinajstić information content (AvgIpc) is 3.11. The molecule has 2 aromatic rings. The fraction of sp³-hybridized carbons (Fsp3) is 0.438. The highest BCUT2D eigenvalue weighted by atomic mass is 35.5. The van der Waals surface area contributed by atoms with Crippen LogP contribution in [-0.2, 0) is 0 Å². The lowest BCUT2D eigenvalue weighted by Gasteiger charge is -2.14. The van der Waals surface area contributed by atoms with Crippen molar-refractivity contribution < 1.29 is 4.74 Å². The Kier molecular flexibility index (Phi) is 4.46. The quantitative estimate of drug-likeness (QED) is 0.919. The minimum atomic E-state index is 0.686. The summed E-state index contributed by atoms with van der Waals surface area (Å²) in [6, 6.07) is 7.73. The summed E-state index contributed by atoms with van der Waals surface area (Å²) in [5, 5.41) is 8.07. The van der Waals surface area contributed by atoms with Gasteiger partial charge in [0.2, 0.25) is 5.88 Å². The maximum absolute atomic E-state index is 5.92. The lowest BCUT2D eigenvalue weighted by atomic mass is 10.1. The van der Waals surface area contributed by atoms with Gasteiger partial charge in [-0.15, -0.1) is 5.10 Å². The number of nitrogens with zero attached hydrogens (tertiary/aromatic N) is 2. The molecule has 0 unspecified atom stereocenters. The van der Waals surface area contributed by atoms with Gasteiger partial charge < -0.3 is 4.74 Å². The van der Waals surface area contributed by atoms with Crippen LogP contribution in [0.1, 0.15) is 18.4 Å². The van der Waals surface area contributed by atoms with Crippen LogP contribution in [0, 0.1) is 6.92 Å². The van der Waals surface area contributed by atoms with Gasteiger partial charge in [0.05, 0.1) is 5.69 Å². The van der Waals surface area contributed by atoms with Crippen LogP contribution in [0.25, 0.3) is 11.3 Å². The highest BCUT2D eigenvalue weighted by Crippen LogP contribution is 2.28. The minimum absolute atomic E-state index is 0.686. The van der Waals surface area contributed by atoms with E-state index >= 15 is 0 Å². The molecular formula is C16H20ClN3O. The highest BCUT2D eigenvalue weighted by Gasteiger charge is 2.14. The fourth-order valence-electron chi connectivity index (χ4n) is 2.70. The Bertz CT molecular complexity index is 588. The number of nitrogens with one attached hydrogen (secondary N) is 1. The SMILES string of the molecule is Cc1c(OCCN2CCCC2)n[nH]c1-c1ccc(Cl)cc1. The third-order valence-electron chi connectivity index (χ3n) is 3.94. The fourth-order valence-corrected chi connectivity index (χ4v) is 2.82. The molecule has 0 aliphatic carbocycles. The van der Waals surface area contributed by atoms with Crippen molar-refractivity contribution in [2.75, 3.05) is 26.2 Å². The molecule has 1 aromatic heterocycles. The molecule has 21 heavy (non-hydrogen) atoms. The van der Waals surface area contributed by atoms with Gasteiger partial charge in [0.25, 0.3) is 0 Å². The van der Waals surface area contributed by atoms with Crippen molar-refractivity contribution in [3.63, 3.8) is 0 Å². The van der Waals surface area contributed by atoms with E-state index in [1.807, 2.05) is 31.2 Å². The topological polar surface area (TPSA) is 41.1 Å². The number of aromatic amines is 1. The number of likely N-dealkylation sites (tertiary alicyclic amines) is 1. The van der Waals surface area contributed by atoms with Crippen LogP contribution < -0.4 is 4.74 Å². The number of ether oxygens (including phenoxy) is 1. The molecule has 3 rings (SSSR count). The van der Waals surface area contributed by atoms with Crippen molar-refractivity contribution in [2.24, 2.45) is 0 Å². The number of halogens is 1. The Balaban J connectivity index is 1.63. The van der Waals surface area contributed by atoms with Gasteiger partial charge in [0.15, 0.2) is 0 Å². The second-order valence-corrected chi connectivity index (χ2v) is 5.87. The predicted octanol–water partition coefficient (Wildman–Crippen LogP) is 3.51. The van der Waals surface area contributed by atoms with Crippen molar-refractivity contribution in [1.29, 1.82) is 0 Å². The first-order valence-electron chi connectivity index (χ1n) is 7.40. The zero-order valence-electron chi connectivity index (χ0n) is 12.2. The van der Waals surface area contributed by atoms with Gasteiger partial charge in [-0.3, -0.25) is 10.00 Å². The van der Waals surface area contributed by atoms with Crippen molar-refractivity contribution in [3.05, 3.63) is 34.9 Å². The van der Waals surface area contributed by atoms with Crippen molar-refractivity contribution >= 4 is 11.6 Å². The van der Waals surface area contributed by atoms with Crippen molar-refractivity contribution in [2.45, 2.75) is 19.8 Å². The van der Waals surface area contributed by atoms with Gasteiger partial charge in [0.1, 0.15) is 6.61 Å². The molecule has 1 N–H and O–H groups in total. The van der Waals surface area contributed by atoms with Crippen molar-refractivity contribution in [3.8, 4) is 17.1 Å². The number of rotatable bonds is 5. The Labute approximate surface area is 130 Å². The second kappa shape index (κ2) is 6.50. The van der Waals surface area contributed by atoms with Gasteiger partial charge in [-0.1, -0.05) is 23.7 Å². The molecule has 4 nitrogen and oxygen atoms in total. The molecule has 1 fully saturated rings. The molecule has 0 bridgehead atoms. The van der Waals surface area contributed by atoms with Crippen LogP contribution in [0.2, 0.25) is 5.02 Å². The van der Waals surface area contributed by atoms with Crippen LogP contribution in [0.4, 0.5) is 0 Å². The van der Waals surface area contributed by atoms with Gasteiger partial charge in [0, 0.05) is 22.7 Å². The van der Waals surface area contributed by atoms with E-state index in [1.54, 1.807) is 0 Å². The summed E-state index contributed by atoms with van der Waals surface area (Å²) in [4.78, 5) is 2.43. The van der Waals surface area contributed by atoms with Crippen LogP contribution in [0.5, 0.6) is 5.88 Å². The zero-order valence-corrected chi connectivity index (χ0v) is 13.0. The molecule has 1 aliphatic heterocycles. The zero-order chi connectivity index (χ0) is 14.7. The van der Waals surface area contributed by atoms with E-state index in [2.05, 4.69) is 15.1 Å². The molecule has 2 heterocycles. The van der Waals surface area contributed by atoms with E-state index in [0.29, 0.717) is 12.5 Å². The van der Waals surface area contributed by atoms with Gasteiger partial charge in [-0.2, -0.15) is 0 Å². The number of H-pyrrole nitrogens is 1. The first-order valence-corrected chi connectivity index (χ1v) is 7.78. The first kappa shape index (κ1) is 14.4. The monoisotopic (exact) mass is 305 g/mol. The Morgan fingerprint density at radius 1 is 1.24 bits per heavy atom. The van der Waals surface area contributed by atoms with E-state index in [4.69, 9.17) is 16.3 Å². The number of aromatic nitrogens is 2. The van der Waals surface area contributed by atoms with Crippen LogP contribution >= 0.6 is 11.6 Å². The summed E-state index contributed by atoms with van der Waals surface area (Å²) in [6.07, 6.45) is 2.62. The molecule has 0 saturated carbocycles. The van der Waals surface area contributed by atoms with E-state index in [1.165, 1.54) is 25.9 Å². The Hall–Kier alpha value is -1.52. The summed E-state index contributed by atoms with van der Waals surface area (Å²) < 4.78 is 5.81. The third kappa shape index (κ3) is 3.39. The maximum Gasteiger partial charge on any atom is 0.236 e. The van der Waals surface area contributed by atoms with E-state index in [0.717, 1.165) is 28.4 Å². The number of hydrogen-bond acceptors (Lipinski definition) is 3. The molecule has 112 valence electrons. The maximum atomic E-state index is 5.92. The standard InChI is InChI=1S/C16H20ClN3O/c1-12-15(13-4-6-14(17)7-5-13)18-19-16(12)21-11-10-20-8-2-3-9-20/h4-7H,2-3,8-11H2,1H3,(H,18,19). The van der Waals surface area contributed by atoms with Crippen LogP contribution in [0.3, 0.4) is 0 Å². The summed E-state index contributed by atoms with van der Waals surface area (Å²) >= 11 is 5.92. The predicted molar refractivity (Wildman–Crippen MR) is 84.9 cm³/mol. The van der Waals surface area contributed by atoms with Gasteiger partial charge in [-0.05, 0) is 45.0 Å². The number of benzene rings is 1. The minimum Gasteiger partial charge on any atom is -0.475 e. The third-order valence-corrected chi connectivity index (χ3v) is 4.19. The van der Waals surface area contributed by atoms with E-state index in [-0.39, 0.29) is 0 Å². The smallest absolute Gasteiger partial charge is 0.236 e. The van der Waals surface area contributed by atoms with Crippen LogP contribution in [-0.4, -0.2) is 41.3 Å². The second-order valence-electron chi connectivity index (χ2n) is 5.43. The van der Waals surface area contributed by atoms with E-state index in [9.17, 15) is 0 Å². The summed E-state index contributed by atoms with van der Waals surface area (Å²) in [6.45, 7) is 6.07. The van der Waals surface area contributed by atoms with Crippen LogP contribution in [0.15, 0.2) is 24.3 Å². The molecule has 5 heteroatoms. The summed E-state index contributed by atoms with van der Waals surface area (Å²) in [5.74, 6) is 0.694. The molecule has 1 aromatic carbocycles. The molecule has 0 radical (unpaired) electrons. The molecule has 1 aliphatic rings. The lowest BCUT2D eigenvalue weighted by Crippen LogP contribution is -2.25. The molecule has 0 atom stereocenters. The Morgan fingerprint density at radius 3 is 2.67 bits per heavy atom. The van der Waals surface area contributed by atoms with E-state index < -0.39 is 0 Å². The summed E-state index contributed by atoms with van der Waals surface area (Å²) in [7, 11) is 0. The lowest BCUT2D eigenvalue weighted by molar-refractivity contribution is 0.231. The largest absolute Gasteiger partial charge is 0.475 e. The molecule has 0 amide bonds. The van der Waals surface area contributed by atoms with Crippen molar-refractivity contribution in [1.82, 2.24) is 15.1 Å². The molecular weight excluding hydrogens is 286 g/mol.